The van der Waals surface area contributed by atoms with E-state index in [1.54, 1.807) is 20.0 Å². The molecule has 0 aliphatic rings. The molecule has 0 aliphatic heterocycles. The highest BCUT2D eigenvalue weighted by atomic mass is 16.4. The lowest BCUT2D eigenvalue weighted by Gasteiger charge is -2.33. The quantitative estimate of drug-likeness (QED) is 0.742. The van der Waals surface area contributed by atoms with Crippen molar-refractivity contribution in [1.82, 2.24) is 9.88 Å². The summed E-state index contributed by atoms with van der Waals surface area (Å²) in [6.45, 7) is 13.4. The first-order valence-electron chi connectivity index (χ1n) is 8.55. The SMILES string of the molecule is CC(C)N(CCC(CC(C)(C)C(=O)O)c1ccccn1)C(C)C. The fourth-order valence-corrected chi connectivity index (χ4v) is 3.09. The standard InChI is InChI=1S/C19H32N2O2/c1-14(2)21(15(3)4)12-10-16(13-19(5,6)18(22)23)17-9-7-8-11-20-17/h7-9,11,14-16H,10,12-13H2,1-6H3,(H,22,23). The molecular weight excluding hydrogens is 288 g/mol. The van der Waals surface area contributed by atoms with Gasteiger partial charge in [-0.15, -0.1) is 0 Å². The van der Waals surface area contributed by atoms with Crippen LogP contribution in [0.15, 0.2) is 24.4 Å². The molecule has 0 aliphatic carbocycles. The zero-order valence-electron chi connectivity index (χ0n) is 15.4. The van der Waals surface area contributed by atoms with Gasteiger partial charge in [0.1, 0.15) is 0 Å². The largest absolute Gasteiger partial charge is 0.481 e. The molecule has 0 bridgehead atoms. The highest BCUT2D eigenvalue weighted by Gasteiger charge is 2.32. The molecule has 4 nitrogen and oxygen atoms in total. The van der Waals surface area contributed by atoms with E-state index in [0.29, 0.717) is 18.5 Å². The third-order valence-corrected chi connectivity index (χ3v) is 4.50. The molecule has 0 aromatic carbocycles. The third kappa shape index (κ3) is 5.94. The van der Waals surface area contributed by atoms with Gasteiger partial charge < -0.3 is 5.11 Å². The summed E-state index contributed by atoms with van der Waals surface area (Å²) < 4.78 is 0. The number of pyridine rings is 1. The van der Waals surface area contributed by atoms with Crippen LogP contribution in [0.5, 0.6) is 0 Å². The molecule has 1 unspecified atom stereocenters. The molecule has 1 aromatic rings. The van der Waals surface area contributed by atoms with Crippen LogP contribution in [0.2, 0.25) is 0 Å². The van der Waals surface area contributed by atoms with Gasteiger partial charge in [0, 0.05) is 29.9 Å². The number of hydrogen-bond donors (Lipinski definition) is 1. The monoisotopic (exact) mass is 320 g/mol. The fourth-order valence-electron chi connectivity index (χ4n) is 3.09. The van der Waals surface area contributed by atoms with E-state index in [4.69, 9.17) is 0 Å². The van der Waals surface area contributed by atoms with Crippen LogP contribution in [0.1, 0.15) is 66.0 Å². The molecule has 23 heavy (non-hydrogen) atoms. The second-order valence-corrected chi connectivity index (χ2v) is 7.56. The van der Waals surface area contributed by atoms with E-state index in [9.17, 15) is 9.90 Å². The molecule has 0 radical (unpaired) electrons. The van der Waals surface area contributed by atoms with Crippen molar-refractivity contribution < 1.29 is 9.90 Å². The highest BCUT2D eigenvalue weighted by molar-refractivity contribution is 5.73. The van der Waals surface area contributed by atoms with Gasteiger partial charge in [0.25, 0.3) is 0 Å². The summed E-state index contributed by atoms with van der Waals surface area (Å²) in [5.74, 6) is -0.592. The van der Waals surface area contributed by atoms with Crippen LogP contribution in [0.4, 0.5) is 0 Å². The Kier molecular flexibility index (Phi) is 7.20. The van der Waals surface area contributed by atoms with Crippen molar-refractivity contribution in [2.75, 3.05) is 6.54 Å². The molecular formula is C19H32N2O2. The first-order chi connectivity index (χ1) is 10.6. The lowest BCUT2D eigenvalue weighted by Crippen LogP contribution is -2.38. The summed E-state index contributed by atoms with van der Waals surface area (Å²) in [5.41, 5.74) is 0.247. The normalized spacial score (nSPS) is 13.8. The van der Waals surface area contributed by atoms with Crippen LogP contribution < -0.4 is 0 Å². The van der Waals surface area contributed by atoms with Gasteiger partial charge in [-0.1, -0.05) is 6.07 Å². The second-order valence-electron chi connectivity index (χ2n) is 7.56. The van der Waals surface area contributed by atoms with E-state index >= 15 is 0 Å². The molecule has 0 amide bonds. The van der Waals surface area contributed by atoms with Gasteiger partial charge in [-0.3, -0.25) is 14.7 Å². The van der Waals surface area contributed by atoms with E-state index in [2.05, 4.69) is 37.6 Å². The molecule has 1 N–H and O–H groups in total. The van der Waals surface area contributed by atoms with E-state index in [1.807, 2.05) is 18.2 Å². The summed E-state index contributed by atoms with van der Waals surface area (Å²) in [6, 6.07) is 6.85. The van der Waals surface area contributed by atoms with Gasteiger partial charge in [0.05, 0.1) is 5.41 Å². The molecule has 0 spiro atoms. The predicted octanol–water partition coefficient (Wildman–Crippen LogP) is 4.18. The molecule has 0 fully saturated rings. The summed E-state index contributed by atoms with van der Waals surface area (Å²) in [4.78, 5) is 18.4. The number of aliphatic carboxylic acids is 1. The zero-order valence-corrected chi connectivity index (χ0v) is 15.4. The van der Waals surface area contributed by atoms with Gasteiger partial charge in [-0.05, 0) is 73.1 Å². The van der Waals surface area contributed by atoms with Crippen molar-refractivity contribution in [1.29, 1.82) is 0 Å². The zero-order chi connectivity index (χ0) is 17.6. The minimum absolute atomic E-state index is 0.155. The minimum Gasteiger partial charge on any atom is -0.481 e. The third-order valence-electron chi connectivity index (χ3n) is 4.50. The number of carbonyl (C=O) groups is 1. The minimum atomic E-state index is -0.747. The number of aromatic nitrogens is 1. The summed E-state index contributed by atoms with van der Waals surface area (Å²) in [5, 5.41) is 9.46. The first-order valence-corrected chi connectivity index (χ1v) is 8.55. The molecule has 1 rings (SSSR count). The first kappa shape index (κ1) is 19.6. The molecule has 130 valence electrons. The Hall–Kier alpha value is -1.42. The van der Waals surface area contributed by atoms with Crippen molar-refractivity contribution in [3.05, 3.63) is 30.1 Å². The lowest BCUT2D eigenvalue weighted by atomic mass is 9.80. The Bertz CT molecular complexity index is 475. The number of nitrogens with zero attached hydrogens (tertiary/aromatic N) is 2. The Labute approximate surface area is 140 Å². The van der Waals surface area contributed by atoms with E-state index < -0.39 is 11.4 Å². The summed E-state index contributed by atoms with van der Waals surface area (Å²) in [7, 11) is 0. The van der Waals surface area contributed by atoms with Crippen LogP contribution >= 0.6 is 0 Å². The van der Waals surface area contributed by atoms with Crippen LogP contribution in [-0.2, 0) is 4.79 Å². The number of carboxylic acids is 1. The van der Waals surface area contributed by atoms with Gasteiger partial charge in [-0.2, -0.15) is 0 Å². The van der Waals surface area contributed by atoms with Crippen LogP contribution in [0.3, 0.4) is 0 Å². The second kappa shape index (κ2) is 8.44. The van der Waals surface area contributed by atoms with Crippen molar-refractivity contribution in [3.63, 3.8) is 0 Å². The molecule has 1 heterocycles. The summed E-state index contributed by atoms with van der Waals surface area (Å²) >= 11 is 0. The van der Waals surface area contributed by atoms with Crippen molar-refractivity contribution in [2.45, 2.75) is 72.4 Å². The maximum Gasteiger partial charge on any atom is 0.309 e. The highest BCUT2D eigenvalue weighted by Crippen LogP contribution is 2.33. The van der Waals surface area contributed by atoms with Crippen LogP contribution in [0.25, 0.3) is 0 Å². The Morgan fingerprint density at radius 2 is 1.83 bits per heavy atom. The average molecular weight is 320 g/mol. The number of rotatable bonds is 9. The smallest absolute Gasteiger partial charge is 0.309 e. The van der Waals surface area contributed by atoms with Gasteiger partial charge in [0.15, 0.2) is 0 Å². The van der Waals surface area contributed by atoms with E-state index in [1.165, 1.54) is 0 Å². The molecule has 1 atom stereocenters. The fraction of sp³-hybridized carbons (Fsp3) is 0.684. The topological polar surface area (TPSA) is 53.4 Å². The molecule has 1 aromatic heterocycles. The summed E-state index contributed by atoms with van der Waals surface area (Å²) in [6.07, 6.45) is 3.31. The van der Waals surface area contributed by atoms with Crippen molar-refractivity contribution in [2.24, 2.45) is 5.41 Å². The van der Waals surface area contributed by atoms with Gasteiger partial charge >= 0.3 is 5.97 Å². The van der Waals surface area contributed by atoms with Gasteiger partial charge in [0.2, 0.25) is 0 Å². The predicted molar refractivity (Wildman–Crippen MR) is 94.6 cm³/mol. The van der Waals surface area contributed by atoms with E-state index in [-0.39, 0.29) is 5.92 Å². The number of hydrogen-bond acceptors (Lipinski definition) is 3. The molecule has 4 heteroatoms. The van der Waals surface area contributed by atoms with Crippen molar-refractivity contribution >= 4 is 5.97 Å². The molecule has 0 saturated carbocycles. The maximum absolute atomic E-state index is 11.5. The van der Waals surface area contributed by atoms with Gasteiger partial charge in [-0.25, -0.2) is 0 Å². The Morgan fingerprint density at radius 3 is 2.26 bits per heavy atom. The van der Waals surface area contributed by atoms with E-state index in [0.717, 1.165) is 18.7 Å². The lowest BCUT2D eigenvalue weighted by molar-refractivity contribution is -0.147. The average Bonchev–Trinajstić information content (AvgIpc) is 2.46. The van der Waals surface area contributed by atoms with Crippen LogP contribution in [-0.4, -0.2) is 39.6 Å². The Morgan fingerprint density at radius 1 is 1.22 bits per heavy atom. The number of carboxylic acid groups (broad SMARTS) is 1. The Balaban J connectivity index is 2.90. The molecule has 0 saturated heterocycles. The van der Waals surface area contributed by atoms with Crippen molar-refractivity contribution in [3.8, 4) is 0 Å². The maximum atomic E-state index is 11.5. The van der Waals surface area contributed by atoms with Crippen LogP contribution in [0, 0.1) is 5.41 Å².